The van der Waals surface area contributed by atoms with E-state index >= 15 is 0 Å². The lowest BCUT2D eigenvalue weighted by Gasteiger charge is -2.50. The molecule has 2 aliphatic rings. The molecule has 15 nitrogen and oxygen atoms in total. The van der Waals surface area contributed by atoms with Gasteiger partial charge in [-0.15, -0.1) is 34.4 Å². The molecule has 0 saturated carbocycles. The van der Waals surface area contributed by atoms with Crippen LogP contribution in [0.15, 0.2) is 51.7 Å². The summed E-state index contributed by atoms with van der Waals surface area (Å²) in [4.78, 5) is 63.8. The zero-order valence-electron chi connectivity index (χ0n) is 21.6. The Balaban J connectivity index is 1.31. The number of carbonyl (C=O) groups is 4. The van der Waals surface area contributed by atoms with Gasteiger partial charge in [0, 0.05) is 40.3 Å². The second kappa shape index (κ2) is 12.5. The van der Waals surface area contributed by atoms with Crippen LogP contribution in [0.4, 0.5) is 10.3 Å². The average Bonchev–Trinajstić information content (AvgIpc) is 3.59. The van der Waals surface area contributed by atoms with Gasteiger partial charge < -0.3 is 36.8 Å². The van der Waals surface area contributed by atoms with Crippen LogP contribution in [0.5, 0.6) is 0 Å². The van der Waals surface area contributed by atoms with Gasteiger partial charge in [0.15, 0.2) is 41.5 Å². The third-order valence-electron chi connectivity index (χ3n) is 6.13. The number of hydrogen-bond donors (Lipinski definition) is 4. The Morgan fingerprint density at radius 3 is 2.74 bits per heavy atom. The Hall–Kier alpha value is -4.55. The van der Waals surface area contributed by atoms with Gasteiger partial charge in [-0.3, -0.25) is 19.3 Å². The van der Waals surface area contributed by atoms with E-state index in [0.717, 1.165) is 21.8 Å². The first kappa shape index (κ1) is 29.0. The first-order valence-electron chi connectivity index (χ1n) is 12.2. The van der Waals surface area contributed by atoms with Crippen molar-refractivity contribution in [2.24, 2.45) is 5.16 Å². The van der Waals surface area contributed by atoms with Crippen molar-refractivity contribution >= 4 is 74.6 Å². The largest absolute Gasteiger partial charge is 0.543 e. The Bertz CT molecular complexity index is 1600. The molecule has 2 aliphatic heterocycles. The number of oxime groups is 1. The van der Waals surface area contributed by atoms with Crippen LogP contribution >= 0.6 is 34.4 Å². The molecule has 0 radical (unpaired) electrons. The van der Waals surface area contributed by atoms with Gasteiger partial charge in [0.1, 0.15) is 17.1 Å². The third-order valence-corrected chi connectivity index (χ3v) is 8.86. The van der Waals surface area contributed by atoms with Crippen molar-refractivity contribution in [3.05, 3.63) is 63.5 Å². The Morgan fingerprint density at radius 2 is 2.05 bits per heavy atom. The van der Waals surface area contributed by atoms with E-state index in [2.05, 4.69) is 25.8 Å². The summed E-state index contributed by atoms with van der Waals surface area (Å²) in [5.74, 6) is -2.58. The second-order valence-corrected chi connectivity index (χ2v) is 11.8. The standard InChI is InChI=1S/C24H23N9O6S3/c25-23-28-14(9-41-23)7-39-31-16(15-10-42-24(26)29-15)19(35)30-17-20(36)33-18(22(37)38)13(8-40-21(17)33)6-32-3-1-2-12(5-32)4-27-11-34/h1-3,5,9-11,17,21H,4,6-8H2,(H6-,25,26,27,28,29,30,34,35,37,38)/b31-16-/t17?,21-/m1/s1. The molecular formula is C24H23N9O6S3. The van der Waals surface area contributed by atoms with Crippen LogP contribution in [-0.2, 0) is 43.7 Å². The number of β-lactam (4-membered cyclic amide) rings is 1. The van der Waals surface area contributed by atoms with Crippen LogP contribution in [0, 0.1) is 0 Å². The lowest BCUT2D eigenvalue weighted by Crippen LogP contribution is -2.71. The van der Waals surface area contributed by atoms with E-state index in [1.807, 2.05) is 6.07 Å². The fraction of sp³-hybridized carbons (Fsp3) is 0.250. The molecule has 18 heteroatoms. The third kappa shape index (κ3) is 6.19. The van der Waals surface area contributed by atoms with Crippen molar-refractivity contribution in [3.63, 3.8) is 0 Å². The first-order valence-corrected chi connectivity index (χ1v) is 15.0. The van der Waals surface area contributed by atoms with E-state index in [1.54, 1.807) is 28.4 Å². The number of nitrogen functional groups attached to an aromatic ring is 2. The van der Waals surface area contributed by atoms with Gasteiger partial charge in [0.2, 0.25) is 6.41 Å². The number of rotatable bonds is 12. The maximum Gasteiger partial charge on any atom is 0.276 e. The van der Waals surface area contributed by atoms with Gasteiger partial charge in [0.05, 0.1) is 17.4 Å². The minimum Gasteiger partial charge on any atom is -0.543 e. The number of nitrogens with two attached hydrogens (primary N) is 2. The number of carboxylic acid groups (broad SMARTS) is 1. The lowest BCUT2D eigenvalue weighted by atomic mass is 10.0. The molecule has 1 unspecified atom stereocenters. The van der Waals surface area contributed by atoms with E-state index < -0.39 is 29.2 Å². The summed E-state index contributed by atoms with van der Waals surface area (Å²) in [6.07, 6.45) is 4.11. The number of anilines is 2. The van der Waals surface area contributed by atoms with Crippen molar-refractivity contribution in [2.75, 3.05) is 17.2 Å². The predicted octanol–water partition coefficient (Wildman–Crippen LogP) is -1.68. The van der Waals surface area contributed by atoms with Gasteiger partial charge >= 0.3 is 0 Å². The normalized spacial score (nSPS) is 18.2. The first-order chi connectivity index (χ1) is 20.2. The van der Waals surface area contributed by atoms with Gasteiger partial charge in [-0.05, 0) is 6.07 Å². The van der Waals surface area contributed by atoms with Gasteiger partial charge in [-0.1, -0.05) is 5.16 Å². The molecule has 0 aliphatic carbocycles. The molecule has 1 saturated heterocycles. The van der Waals surface area contributed by atoms with Crippen molar-refractivity contribution in [1.29, 1.82) is 0 Å². The molecule has 218 valence electrons. The van der Waals surface area contributed by atoms with Crippen LogP contribution in [-0.4, -0.2) is 61.9 Å². The van der Waals surface area contributed by atoms with Gasteiger partial charge in [-0.25, -0.2) is 14.5 Å². The van der Waals surface area contributed by atoms with Crippen LogP contribution in [0.3, 0.4) is 0 Å². The SMILES string of the molecule is Nc1nc(CO/N=C(\C(=O)NC2C(=O)N3C(C(=O)[O-])=C(C[n+]4cccc(CNC=O)c4)CS[C@H]23)c2csc(N)n2)cs1. The number of nitrogens with zero attached hydrogens (tertiary/aromatic N) is 5. The highest BCUT2D eigenvalue weighted by molar-refractivity contribution is 8.00. The summed E-state index contributed by atoms with van der Waals surface area (Å²) in [5, 5.41) is 24.4. The minimum atomic E-state index is -1.50. The summed E-state index contributed by atoms with van der Waals surface area (Å²) in [7, 11) is 0. The van der Waals surface area contributed by atoms with Crippen LogP contribution in [0.2, 0.25) is 0 Å². The highest BCUT2D eigenvalue weighted by atomic mass is 32.2. The summed E-state index contributed by atoms with van der Waals surface area (Å²) in [6, 6.07) is 2.56. The summed E-state index contributed by atoms with van der Waals surface area (Å²) < 4.78 is 1.76. The number of amides is 3. The smallest absolute Gasteiger partial charge is 0.276 e. The monoisotopic (exact) mass is 629 g/mol. The van der Waals surface area contributed by atoms with E-state index in [4.69, 9.17) is 16.3 Å². The molecule has 2 atom stereocenters. The van der Waals surface area contributed by atoms with E-state index in [0.29, 0.717) is 29.4 Å². The maximum absolute atomic E-state index is 13.3. The number of carbonyl (C=O) groups excluding carboxylic acids is 4. The number of hydrogen-bond acceptors (Lipinski definition) is 14. The number of pyridine rings is 1. The zero-order valence-corrected chi connectivity index (χ0v) is 24.0. The highest BCUT2D eigenvalue weighted by Crippen LogP contribution is 2.40. The number of fused-ring (bicyclic) bond motifs is 1. The molecule has 1 fully saturated rings. The van der Waals surface area contributed by atoms with E-state index in [-0.39, 0.29) is 41.1 Å². The predicted molar refractivity (Wildman–Crippen MR) is 151 cm³/mol. The number of thioether (sulfide) groups is 1. The molecule has 0 spiro atoms. The van der Waals surface area contributed by atoms with E-state index in [9.17, 15) is 24.3 Å². The zero-order chi connectivity index (χ0) is 29.8. The second-order valence-electron chi connectivity index (χ2n) is 8.95. The minimum absolute atomic E-state index is 0.0597. The van der Waals surface area contributed by atoms with Crippen molar-refractivity contribution in [3.8, 4) is 0 Å². The van der Waals surface area contributed by atoms with Crippen molar-refractivity contribution in [1.82, 2.24) is 25.5 Å². The van der Waals surface area contributed by atoms with Gasteiger partial charge in [0.25, 0.3) is 11.8 Å². The Labute approximate surface area is 250 Å². The number of aliphatic carboxylic acids is 1. The van der Waals surface area contributed by atoms with Crippen LogP contribution in [0.25, 0.3) is 0 Å². The molecular weight excluding hydrogens is 607 g/mol. The Kier molecular flexibility index (Phi) is 8.64. The number of aromatic nitrogens is 3. The van der Waals surface area contributed by atoms with Gasteiger partial charge in [-0.2, -0.15) is 0 Å². The number of carboxylic acids is 1. The molecule has 0 aromatic carbocycles. The summed E-state index contributed by atoms with van der Waals surface area (Å²) in [5.41, 5.74) is 12.9. The topological polar surface area (TPSA) is 222 Å². The molecule has 3 amide bonds. The molecule has 42 heavy (non-hydrogen) atoms. The summed E-state index contributed by atoms with van der Waals surface area (Å²) >= 11 is 3.63. The molecule has 5 heterocycles. The highest BCUT2D eigenvalue weighted by Gasteiger charge is 2.53. The Morgan fingerprint density at radius 1 is 1.26 bits per heavy atom. The van der Waals surface area contributed by atoms with Crippen LogP contribution in [0.1, 0.15) is 17.0 Å². The number of thiazole rings is 2. The maximum atomic E-state index is 13.3. The van der Waals surface area contributed by atoms with Crippen LogP contribution < -0.4 is 31.8 Å². The molecule has 3 aromatic heterocycles. The molecule has 5 rings (SSSR count). The average molecular weight is 630 g/mol. The fourth-order valence-corrected chi connectivity index (χ4v) is 6.75. The van der Waals surface area contributed by atoms with E-state index in [1.165, 1.54) is 28.5 Å². The quantitative estimate of drug-likeness (QED) is 0.0582. The van der Waals surface area contributed by atoms with Crippen molar-refractivity contribution < 1.29 is 33.7 Å². The fourth-order valence-electron chi connectivity index (χ4n) is 4.31. The van der Waals surface area contributed by atoms with Crippen molar-refractivity contribution in [2.45, 2.75) is 31.1 Å². The lowest BCUT2D eigenvalue weighted by molar-refractivity contribution is -0.689. The molecule has 0 bridgehead atoms. The summed E-state index contributed by atoms with van der Waals surface area (Å²) in [6.45, 7) is 0.432. The molecule has 6 N–H and O–H groups in total. The number of nitrogens with one attached hydrogen (secondary N) is 2. The molecule has 3 aromatic rings.